The Morgan fingerprint density at radius 1 is 0.800 bits per heavy atom. The third kappa shape index (κ3) is 8.95. The van der Waals surface area contributed by atoms with E-state index in [9.17, 15) is 18.0 Å². The first-order valence-electron chi connectivity index (χ1n) is 15.1. The average molecular weight is 628 g/mol. The molecule has 0 aliphatic rings. The molecule has 0 saturated heterocycles. The lowest BCUT2D eigenvalue weighted by Crippen LogP contribution is -2.53. The van der Waals surface area contributed by atoms with Gasteiger partial charge in [-0.2, -0.15) is 0 Å². The Bertz CT molecular complexity index is 1640. The molecule has 4 aromatic rings. The smallest absolute Gasteiger partial charge is 0.264 e. The van der Waals surface area contributed by atoms with Crippen molar-refractivity contribution in [2.45, 2.75) is 57.5 Å². The van der Waals surface area contributed by atoms with Crippen molar-refractivity contribution in [3.63, 3.8) is 0 Å². The Morgan fingerprint density at radius 2 is 1.38 bits per heavy atom. The highest BCUT2D eigenvalue weighted by molar-refractivity contribution is 7.92. The third-order valence-corrected chi connectivity index (χ3v) is 9.43. The second kappa shape index (κ2) is 15.4. The summed E-state index contributed by atoms with van der Waals surface area (Å²) in [4.78, 5) is 28.8. The highest BCUT2D eigenvalue weighted by Crippen LogP contribution is 2.28. The summed E-state index contributed by atoms with van der Waals surface area (Å²) in [6.07, 6.45) is 1.24. The van der Waals surface area contributed by atoms with E-state index in [1.54, 1.807) is 43.3 Å². The van der Waals surface area contributed by atoms with Crippen molar-refractivity contribution in [3.8, 4) is 11.5 Å². The zero-order valence-corrected chi connectivity index (χ0v) is 27.0. The summed E-state index contributed by atoms with van der Waals surface area (Å²) in [7, 11) is -4.16. The van der Waals surface area contributed by atoms with Crippen LogP contribution in [-0.2, 0) is 26.0 Å². The van der Waals surface area contributed by atoms with Crippen LogP contribution in [0.25, 0.3) is 0 Å². The fourth-order valence-electron chi connectivity index (χ4n) is 4.71. The third-order valence-electron chi connectivity index (χ3n) is 7.64. The van der Waals surface area contributed by atoms with E-state index in [4.69, 9.17) is 4.74 Å². The molecule has 0 heterocycles. The van der Waals surface area contributed by atoms with Crippen molar-refractivity contribution in [3.05, 3.63) is 120 Å². The molecule has 0 saturated carbocycles. The van der Waals surface area contributed by atoms with E-state index >= 15 is 0 Å². The van der Waals surface area contributed by atoms with Crippen LogP contribution in [0.3, 0.4) is 0 Å². The molecule has 8 nitrogen and oxygen atoms in total. The number of hydrogen-bond acceptors (Lipinski definition) is 5. The van der Waals surface area contributed by atoms with Crippen LogP contribution in [0.1, 0.15) is 38.3 Å². The van der Waals surface area contributed by atoms with Gasteiger partial charge < -0.3 is 15.0 Å². The molecule has 0 bridgehead atoms. The monoisotopic (exact) mass is 627 g/mol. The number of sulfonamides is 1. The number of aryl methyl sites for hydroxylation is 1. The van der Waals surface area contributed by atoms with Gasteiger partial charge in [0.2, 0.25) is 11.8 Å². The Labute approximate surface area is 266 Å². The molecule has 0 fully saturated rings. The minimum Gasteiger partial charge on any atom is -0.457 e. The number of benzene rings is 4. The molecule has 4 rings (SSSR count). The normalized spacial score (nSPS) is 12.5. The van der Waals surface area contributed by atoms with E-state index < -0.39 is 28.5 Å². The van der Waals surface area contributed by atoms with Crippen LogP contribution in [0, 0.1) is 6.92 Å². The predicted molar refractivity (Wildman–Crippen MR) is 178 cm³/mol. The van der Waals surface area contributed by atoms with Gasteiger partial charge in [-0.3, -0.25) is 13.9 Å². The summed E-state index contributed by atoms with van der Waals surface area (Å²) in [5.74, 6) is 0.381. The Hall–Kier alpha value is -4.63. The van der Waals surface area contributed by atoms with Gasteiger partial charge in [0.05, 0.1) is 10.6 Å². The average Bonchev–Trinajstić information content (AvgIpc) is 3.05. The first-order valence-corrected chi connectivity index (χ1v) is 16.6. The number of carbonyl (C=O) groups excluding carboxylic acids is 2. The standard InChI is InChI=1S/C36H41N3O5S/c1-5-28(3)37-36(41)29(4)38(25-24-30-12-8-6-9-13-30)35(40)26-39(45(42,43)34-22-16-27(2)17-23-34)31-18-20-33(21-19-31)44-32-14-10-7-11-15-32/h6-23,28-29H,5,24-26H2,1-4H3,(H,37,41)/t28-,29+/m0/s1. The van der Waals surface area contributed by atoms with Crippen LogP contribution < -0.4 is 14.4 Å². The molecule has 45 heavy (non-hydrogen) atoms. The maximum atomic E-state index is 14.1. The Kier molecular flexibility index (Phi) is 11.4. The lowest BCUT2D eigenvalue weighted by Gasteiger charge is -2.32. The van der Waals surface area contributed by atoms with Crippen molar-refractivity contribution in [1.82, 2.24) is 10.2 Å². The second-order valence-corrected chi connectivity index (χ2v) is 12.9. The molecule has 0 aliphatic carbocycles. The minimum absolute atomic E-state index is 0.0592. The van der Waals surface area contributed by atoms with Crippen LogP contribution >= 0.6 is 0 Å². The number of hydrogen-bond donors (Lipinski definition) is 1. The topological polar surface area (TPSA) is 96.0 Å². The van der Waals surface area contributed by atoms with Crippen molar-refractivity contribution in [2.24, 2.45) is 0 Å². The van der Waals surface area contributed by atoms with Gasteiger partial charge >= 0.3 is 0 Å². The number of nitrogens with zero attached hydrogens (tertiary/aromatic N) is 2. The lowest BCUT2D eigenvalue weighted by molar-refractivity contribution is -0.139. The summed E-state index contributed by atoms with van der Waals surface area (Å²) in [5.41, 5.74) is 2.21. The maximum absolute atomic E-state index is 14.1. The van der Waals surface area contributed by atoms with E-state index in [1.165, 1.54) is 17.0 Å². The van der Waals surface area contributed by atoms with Crippen LogP contribution in [0.5, 0.6) is 11.5 Å². The number of para-hydroxylation sites is 1. The van der Waals surface area contributed by atoms with Gasteiger partial charge in [0.1, 0.15) is 24.1 Å². The number of anilines is 1. The zero-order chi connectivity index (χ0) is 32.4. The predicted octanol–water partition coefficient (Wildman–Crippen LogP) is 6.36. The molecule has 0 aliphatic heterocycles. The van der Waals surface area contributed by atoms with Crippen molar-refractivity contribution < 1.29 is 22.7 Å². The van der Waals surface area contributed by atoms with Gasteiger partial charge in [0, 0.05) is 12.6 Å². The van der Waals surface area contributed by atoms with Gasteiger partial charge in [-0.1, -0.05) is 73.2 Å². The summed E-state index contributed by atoms with van der Waals surface area (Å²) >= 11 is 0. The quantitative estimate of drug-likeness (QED) is 0.176. The highest BCUT2D eigenvalue weighted by Gasteiger charge is 2.32. The number of carbonyl (C=O) groups is 2. The molecule has 0 spiro atoms. The molecule has 9 heteroatoms. The van der Waals surface area contributed by atoms with E-state index in [-0.39, 0.29) is 23.4 Å². The van der Waals surface area contributed by atoms with Gasteiger partial charge in [-0.05, 0) is 87.7 Å². The number of ether oxygens (including phenoxy) is 1. The van der Waals surface area contributed by atoms with E-state index in [0.717, 1.165) is 21.9 Å². The molecule has 0 aromatic heterocycles. The summed E-state index contributed by atoms with van der Waals surface area (Å²) in [6, 6.07) is 31.1. The van der Waals surface area contributed by atoms with Crippen molar-refractivity contribution >= 4 is 27.5 Å². The molecule has 4 aromatic carbocycles. The molecule has 2 amide bonds. The second-order valence-electron chi connectivity index (χ2n) is 11.1. The highest BCUT2D eigenvalue weighted by atomic mass is 32.2. The summed E-state index contributed by atoms with van der Waals surface area (Å²) in [6.45, 7) is 7.17. The molecule has 0 unspecified atom stereocenters. The first kappa shape index (κ1) is 33.3. The molecular formula is C36H41N3O5S. The van der Waals surface area contributed by atoms with Crippen LogP contribution in [0.2, 0.25) is 0 Å². The van der Waals surface area contributed by atoms with Gasteiger partial charge in [-0.15, -0.1) is 0 Å². The first-order chi connectivity index (χ1) is 21.6. The molecule has 2 atom stereocenters. The Morgan fingerprint density at radius 3 is 1.98 bits per heavy atom. The van der Waals surface area contributed by atoms with Gasteiger partial charge in [0.25, 0.3) is 10.0 Å². The van der Waals surface area contributed by atoms with E-state index in [2.05, 4.69) is 5.32 Å². The van der Waals surface area contributed by atoms with Gasteiger partial charge in [-0.25, -0.2) is 8.42 Å². The lowest BCUT2D eigenvalue weighted by atomic mass is 10.1. The van der Waals surface area contributed by atoms with Crippen LogP contribution in [0.4, 0.5) is 5.69 Å². The van der Waals surface area contributed by atoms with E-state index in [1.807, 2.05) is 81.4 Å². The SMILES string of the molecule is CC[C@H](C)NC(=O)[C@@H](C)N(CCc1ccccc1)C(=O)CN(c1ccc(Oc2ccccc2)cc1)S(=O)(=O)c1ccc(C)cc1. The number of amides is 2. The fourth-order valence-corrected chi connectivity index (χ4v) is 6.12. The molecule has 236 valence electrons. The number of rotatable bonds is 14. The molecule has 0 radical (unpaired) electrons. The van der Waals surface area contributed by atoms with Crippen molar-refractivity contribution in [2.75, 3.05) is 17.4 Å². The van der Waals surface area contributed by atoms with Gasteiger partial charge in [0.15, 0.2) is 0 Å². The summed E-state index contributed by atoms with van der Waals surface area (Å²) in [5, 5.41) is 2.96. The fraction of sp³-hybridized carbons (Fsp3) is 0.278. The van der Waals surface area contributed by atoms with Crippen molar-refractivity contribution in [1.29, 1.82) is 0 Å². The maximum Gasteiger partial charge on any atom is 0.264 e. The minimum atomic E-state index is -4.16. The van der Waals surface area contributed by atoms with Crippen LogP contribution in [-0.4, -0.2) is 50.3 Å². The Balaban J connectivity index is 1.67. The largest absolute Gasteiger partial charge is 0.457 e. The molecular weight excluding hydrogens is 586 g/mol. The zero-order valence-electron chi connectivity index (χ0n) is 26.2. The number of nitrogens with one attached hydrogen (secondary N) is 1. The summed E-state index contributed by atoms with van der Waals surface area (Å²) < 4.78 is 35.2. The van der Waals surface area contributed by atoms with Crippen LogP contribution in [0.15, 0.2) is 114 Å². The molecule has 1 N–H and O–H groups in total. The van der Waals surface area contributed by atoms with E-state index in [0.29, 0.717) is 23.6 Å².